The number of carboxylic acids is 2. The van der Waals surface area contributed by atoms with Crippen molar-refractivity contribution >= 4 is 23.3 Å². The van der Waals surface area contributed by atoms with Gasteiger partial charge in [-0.15, -0.1) is 0 Å². The fraction of sp³-hybridized carbons (Fsp3) is 0.192. The number of nitro benzene ring substituents is 1. The van der Waals surface area contributed by atoms with E-state index in [1.807, 2.05) is 25.1 Å². The number of aromatic carboxylic acids is 2. The predicted molar refractivity (Wildman–Crippen MR) is 131 cm³/mol. The lowest BCUT2D eigenvalue weighted by Crippen LogP contribution is -2.09. The third kappa shape index (κ3) is 5.84. The Morgan fingerprint density at radius 3 is 2.36 bits per heavy atom. The van der Waals surface area contributed by atoms with E-state index in [0.717, 1.165) is 22.8 Å². The molecule has 0 fully saturated rings. The maximum absolute atomic E-state index is 11.8. The molecule has 0 amide bonds. The molecule has 3 aromatic carbocycles. The normalized spacial score (nSPS) is 11.1. The van der Waals surface area contributed by atoms with Crippen molar-refractivity contribution in [2.45, 2.75) is 26.9 Å². The van der Waals surface area contributed by atoms with Gasteiger partial charge in [0.25, 0.3) is 0 Å². The van der Waals surface area contributed by atoms with E-state index in [0.29, 0.717) is 16.8 Å². The molecule has 0 aliphatic heterocycles. The van der Waals surface area contributed by atoms with E-state index in [9.17, 15) is 29.9 Å². The molecule has 0 atom stereocenters. The second-order valence-corrected chi connectivity index (χ2v) is 7.96. The van der Waals surface area contributed by atoms with Gasteiger partial charge in [-0.1, -0.05) is 29.4 Å². The molecule has 0 unspecified atom stereocenters. The molecule has 36 heavy (non-hydrogen) atoms. The number of nitro groups is 1. The molecule has 3 aromatic rings. The SMILES string of the molecule is CON=C(C)c1ccc(OCc2c(C)cccc2Cc2ccc(C(=O)O)cc2C(=O)O)c([N+](=O)[O-])c1. The van der Waals surface area contributed by atoms with Crippen molar-refractivity contribution < 1.29 is 34.3 Å². The summed E-state index contributed by atoms with van der Waals surface area (Å²) in [5.74, 6) is -2.38. The standard InChI is InChI=1S/C26H24N2O8/c1-15-5-4-6-18(11-19-7-8-20(25(29)30)12-21(19)26(31)32)22(15)14-36-24-10-9-17(16(2)27-35-3)13-23(24)28(33)34/h4-10,12-13H,11,14H2,1-3H3,(H,29,30)(H,31,32). The van der Waals surface area contributed by atoms with Crippen molar-refractivity contribution in [3.05, 3.63) is 104 Å². The van der Waals surface area contributed by atoms with Gasteiger partial charge >= 0.3 is 17.6 Å². The molecule has 0 aliphatic carbocycles. The molecule has 0 aromatic heterocycles. The summed E-state index contributed by atoms with van der Waals surface area (Å²) in [4.78, 5) is 38.9. The van der Waals surface area contributed by atoms with Crippen molar-refractivity contribution in [1.29, 1.82) is 0 Å². The van der Waals surface area contributed by atoms with Gasteiger partial charge in [0, 0.05) is 11.6 Å². The molecule has 0 saturated heterocycles. The number of rotatable bonds is 10. The minimum atomic E-state index is -1.23. The Hall–Kier alpha value is -4.73. The van der Waals surface area contributed by atoms with Crippen LogP contribution >= 0.6 is 0 Å². The topological polar surface area (TPSA) is 149 Å². The van der Waals surface area contributed by atoms with E-state index < -0.39 is 16.9 Å². The average Bonchev–Trinajstić information content (AvgIpc) is 2.83. The van der Waals surface area contributed by atoms with Gasteiger partial charge in [0.05, 0.1) is 21.8 Å². The highest BCUT2D eigenvalue weighted by Crippen LogP contribution is 2.30. The highest BCUT2D eigenvalue weighted by atomic mass is 16.6. The van der Waals surface area contributed by atoms with E-state index in [-0.39, 0.29) is 35.6 Å². The lowest BCUT2D eigenvalue weighted by molar-refractivity contribution is -0.386. The van der Waals surface area contributed by atoms with Crippen LogP contribution in [0.5, 0.6) is 5.75 Å². The van der Waals surface area contributed by atoms with Crippen molar-refractivity contribution in [3.63, 3.8) is 0 Å². The first-order valence-corrected chi connectivity index (χ1v) is 10.8. The Kier molecular flexibility index (Phi) is 8.00. The number of carbonyl (C=O) groups is 2. The van der Waals surface area contributed by atoms with Crippen LogP contribution in [0, 0.1) is 17.0 Å². The van der Waals surface area contributed by atoms with E-state index in [2.05, 4.69) is 5.16 Å². The van der Waals surface area contributed by atoms with Crippen molar-refractivity contribution in [2.75, 3.05) is 7.11 Å². The highest BCUT2D eigenvalue weighted by molar-refractivity contribution is 5.99. The summed E-state index contributed by atoms with van der Waals surface area (Å²) in [6, 6.07) is 13.9. The van der Waals surface area contributed by atoms with Gasteiger partial charge in [0.1, 0.15) is 13.7 Å². The van der Waals surface area contributed by atoms with Crippen LogP contribution in [0.25, 0.3) is 0 Å². The first-order chi connectivity index (χ1) is 17.1. The number of nitrogens with zero attached hydrogens (tertiary/aromatic N) is 2. The van der Waals surface area contributed by atoms with Crippen LogP contribution in [0.1, 0.15) is 55.5 Å². The van der Waals surface area contributed by atoms with Crippen LogP contribution < -0.4 is 4.74 Å². The predicted octanol–water partition coefficient (Wildman–Crippen LogP) is 4.84. The Bertz CT molecular complexity index is 1360. The number of aryl methyl sites for hydroxylation is 1. The average molecular weight is 492 g/mol. The molecule has 10 nitrogen and oxygen atoms in total. The molecular weight excluding hydrogens is 468 g/mol. The molecule has 0 spiro atoms. The fourth-order valence-corrected chi connectivity index (χ4v) is 3.75. The summed E-state index contributed by atoms with van der Waals surface area (Å²) in [7, 11) is 1.38. The monoisotopic (exact) mass is 492 g/mol. The molecule has 0 bridgehead atoms. The third-order valence-electron chi connectivity index (χ3n) is 5.65. The van der Waals surface area contributed by atoms with Crippen LogP contribution in [0.15, 0.2) is 59.8 Å². The second kappa shape index (κ2) is 11.1. The Morgan fingerprint density at radius 2 is 1.72 bits per heavy atom. The number of carboxylic acid groups (broad SMARTS) is 2. The van der Waals surface area contributed by atoms with Crippen LogP contribution in [0.2, 0.25) is 0 Å². The lowest BCUT2D eigenvalue weighted by Gasteiger charge is -2.15. The minimum Gasteiger partial charge on any atom is -0.482 e. The fourth-order valence-electron chi connectivity index (χ4n) is 3.75. The summed E-state index contributed by atoms with van der Waals surface area (Å²) < 4.78 is 5.86. The lowest BCUT2D eigenvalue weighted by atomic mass is 9.93. The molecule has 10 heteroatoms. The maximum atomic E-state index is 11.8. The van der Waals surface area contributed by atoms with Gasteiger partial charge in [0.2, 0.25) is 0 Å². The molecule has 186 valence electrons. The van der Waals surface area contributed by atoms with Crippen molar-refractivity contribution in [1.82, 2.24) is 0 Å². The molecule has 0 heterocycles. The van der Waals surface area contributed by atoms with E-state index in [1.54, 1.807) is 13.0 Å². The van der Waals surface area contributed by atoms with Crippen molar-refractivity contribution in [2.24, 2.45) is 5.16 Å². The number of hydrogen-bond donors (Lipinski definition) is 2. The number of hydrogen-bond acceptors (Lipinski definition) is 7. The second-order valence-electron chi connectivity index (χ2n) is 7.96. The minimum absolute atomic E-state index is 0.00293. The molecule has 2 N–H and O–H groups in total. The Morgan fingerprint density at radius 1 is 1.00 bits per heavy atom. The van der Waals surface area contributed by atoms with Crippen LogP contribution in [0.3, 0.4) is 0 Å². The quantitative estimate of drug-likeness (QED) is 0.232. The van der Waals surface area contributed by atoms with Gasteiger partial charge in [-0.2, -0.15) is 0 Å². The third-order valence-corrected chi connectivity index (χ3v) is 5.65. The number of benzene rings is 3. The summed E-state index contributed by atoms with van der Waals surface area (Å²) in [6.07, 6.45) is 0.204. The smallest absolute Gasteiger partial charge is 0.336 e. The van der Waals surface area contributed by atoms with Gasteiger partial charge in [-0.25, -0.2) is 9.59 Å². The first-order valence-electron chi connectivity index (χ1n) is 10.8. The van der Waals surface area contributed by atoms with Gasteiger partial charge in [-0.3, -0.25) is 10.1 Å². The zero-order valence-corrected chi connectivity index (χ0v) is 19.8. The van der Waals surface area contributed by atoms with Crippen LogP contribution in [-0.4, -0.2) is 39.9 Å². The van der Waals surface area contributed by atoms with E-state index in [4.69, 9.17) is 9.57 Å². The summed E-state index contributed by atoms with van der Waals surface area (Å²) in [5, 5.41) is 34.3. The summed E-state index contributed by atoms with van der Waals surface area (Å²) >= 11 is 0. The maximum Gasteiger partial charge on any atom is 0.336 e. The van der Waals surface area contributed by atoms with Gasteiger partial charge in [-0.05, 0) is 66.8 Å². The molecule has 0 aliphatic rings. The van der Waals surface area contributed by atoms with Crippen molar-refractivity contribution in [3.8, 4) is 5.75 Å². The molecule has 0 radical (unpaired) electrons. The highest BCUT2D eigenvalue weighted by Gasteiger charge is 2.20. The molecular formula is C26H24N2O8. The zero-order chi connectivity index (χ0) is 26.4. The largest absolute Gasteiger partial charge is 0.482 e. The molecule has 3 rings (SSSR count). The molecule has 0 saturated carbocycles. The zero-order valence-electron chi connectivity index (χ0n) is 19.8. The first kappa shape index (κ1) is 25.9. The van der Waals surface area contributed by atoms with E-state index in [1.165, 1.54) is 31.4 Å². The Labute approximate surface area is 206 Å². The summed E-state index contributed by atoms with van der Waals surface area (Å²) in [5.41, 5.74) is 3.31. The number of ether oxygens (including phenoxy) is 1. The van der Waals surface area contributed by atoms with Crippen LogP contribution in [0.4, 0.5) is 5.69 Å². The number of oxime groups is 1. The van der Waals surface area contributed by atoms with Gasteiger partial charge in [0.15, 0.2) is 5.75 Å². The van der Waals surface area contributed by atoms with Crippen LogP contribution in [-0.2, 0) is 17.9 Å². The Balaban J connectivity index is 1.93. The van der Waals surface area contributed by atoms with Gasteiger partial charge < -0.3 is 19.8 Å². The van der Waals surface area contributed by atoms with E-state index >= 15 is 0 Å². The summed E-state index contributed by atoms with van der Waals surface area (Å²) in [6.45, 7) is 3.52.